The van der Waals surface area contributed by atoms with Crippen molar-refractivity contribution in [3.63, 3.8) is 0 Å². The molecule has 1 saturated heterocycles. The zero-order valence-electron chi connectivity index (χ0n) is 10.5. The van der Waals surface area contributed by atoms with Gasteiger partial charge in [-0.15, -0.1) is 0 Å². The van der Waals surface area contributed by atoms with Gasteiger partial charge < -0.3 is 4.43 Å². The van der Waals surface area contributed by atoms with Crippen LogP contribution < -0.4 is 5.19 Å². The Balaban J connectivity index is 1.77. The number of hydrogen-bond acceptors (Lipinski definition) is 1. The molecule has 2 atom stereocenters. The van der Waals surface area contributed by atoms with Crippen LogP contribution in [0.15, 0.2) is 60.7 Å². The summed E-state index contributed by atoms with van der Waals surface area (Å²) >= 11 is 0. The summed E-state index contributed by atoms with van der Waals surface area (Å²) in [6, 6.07) is 22.7. The van der Waals surface area contributed by atoms with Gasteiger partial charge in [-0.3, -0.25) is 0 Å². The SMILES string of the molecule is c1ccc(C2CCC[SiH](c3ccccc3)O2)cc1. The van der Waals surface area contributed by atoms with Gasteiger partial charge in [0, 0.05) is 0 Å². The first-order valence-corrected chi connectivity index (χ1v) is 8.55. The van der Waals surface area contributed by atoms with Crippen molar-refractivity contribution in [2.45, 2.75) is 25.0 Å². The summed E-state index contributed by atoms with van der Waals surface area (Å²) in [4.78, 5) is 0. The number of hydrogen-bond donors (Lipinski definition) is 0. The summed E-state index contributed by atoms with van der Waals surface area (Å²) < 4.78 is 6.40. The zero-order valence-corrected chi connectivity index (χ0v) is 11.6. The molecule has 1 fully saturated rings. The average Bonchev–Trinajstić information content (AvgIpc) is 2.49. The van der Waals surface area contributed by atoms with Crippen molar-refractivity contribution in [2.24, 2.45) is 0 Å². The van der Waals surface area contributed by atoms with Gasteiger partial charge in [-0.2, -0.15) is 0 Å². The summed E-state index contributed by atoms with van der Waals surface area (Å²) in [5.41, 5.74) is 1.34. The fraction of sp³-hybridized carbons (Fsp3) is 0.250. The molecule has 18 heavy (non-hydrogen) atoms. The smallest absolute Gasteiger partial charge is 0.209 e. The third-order valence-electron chi connectivity index (χ3n) is 3.60. The van der Waals surface area contributed by atoms with Crippen LogP contribution in [0.1, 0.15) is 24.5 Å². The molecular formula is C16H18OSi. The van der Waals surface area contributed by atoms with Crippen LogP contribution in [0.5, 0.6) is 0 Å². The van der Waals surface area contributed by atoms with Crippen molar-refractivity contribution >= 4 is 14.2 Å². The predicted octanol–water partition coefficient (Wildman–Crippen LogP) is 3.17. The van der Waals surface area contributed by atoms with E-state index in [1.807, 2.05) is 0 Å². The maximum Gasteiger partial charge on any atom is 0.209 e. The van der Waals surface area contributed by atoms with Crippen LogP contribution >= 0.6 is 0 Å². The Morgan fingerprint density at radius 2 is 1.56 bits per heavy atom. The second-order valence-corrected chi connectivity index (χ2v) is 7.36. The van der Waals surface area contributed by atoms with Crippen molar-refractivity contribution in [3.05, 3.63) is 66.2 Å². The highest BCUT2D eigenvalue weighted by atomic mass is 28.3. The molecule has 1 aliphatic heterocycles. The first-order valence-electron chi connectivity index (χ1n) is 6.69. The van der Waals surface area contributed by atoms with Crippen molar-refractivity contribution in [1.82, 2.24) is 0 Å². The monoisotopic (exact) mass is 254 g/mol. The van der Waals surface area contributed by atoms with Crippen molar-refractivity contribution in [1.29, 1.82) is 0 Å². The molecule has 1 heterocycles. The van der Waals surface area contributed by atoms with E-state index in [0.29, 0.717) is 6.10 Å². The van der Waals surface area contributed by atoms with Crippen LogP contribution in [0.25, 0.3) is 0 Å². The van der Waals surface area contributed by atoms with E-state index in [2.05, 4.69) is 60.7 Å². The maximum atomic E-state index is 6.40. The fourth-order valence-electron chi connectivity index (χ4n) is 2.65. The Bertz CT molecular complexity index is 437. The minimum atomic E-state index is -1.21. The number of benzene rings is 2. The first-order chi connectivity index (χ1) is 8.93. The molecule has 0 aromatic heterocycles. The Morgan fingerprint density at radius 3 is 2.28 bits per heavy atom. The molecule has 0 N–H and O–H groups in total. The van der Waals surface area contributed by atoms with E-state index in [0.717, 1.165) is 0 Å². The molecule has 0 aliphatic carbocycles. The molecule has 92 valence electrons. The predicted molar refractivity (Wildman–Crippen MR) is 77.5 cm³/mol. The lowest BCUT2D eigenvalue weighted by Crippen LogP contribution is -2.37. The van der Waals surface area contributed by atoms with E-state index >= 15 is 0 Å². The minimum absolute atomic E-state index is 0.317. The van der Waals surface area contributed by atoms with Gasteiger partial charge in [0.2, 0.25) is 9.04 Å². The molecule has 2 aromatic carbocycles. The minimum Gasteiger partial charge on any atom is -0.408 e. The highest BCUT2D eigenvalue weighted by Crippen LogP contribution is 2.29. The average molecular weight is 254 g/mol. The van der Waals surface area contributed by atoms with Gasteiger partial charge in [0.25, 0.3) is 0 Å². The van der Waals surface area contributed by atoms with E-state index in [1.54, 1.807) is 0 Å². The topological polar surface area (TPSA) is 9.23 Å². The molecule has 1 aliphatic rings. The molecule has 0 amide bonds. The standard InChI is InChI=1S/C16H18OSi/c1-3-8-14(9-4-1)16-12-7-13-18(17-16)15-10-5-2-6-11-15/h1-6,8-11,16,18H,7,12-13H2. The highest BCUT2D eigenvalue weighted by molar-refractivity contribution is 6.67. The van der Waals surface area contributed by atoms with Crippen molar-refractivity contribution in [2.75, 3.05) is 0 Å². The molecule has 1 nitrogen and oxygen atoms in total. The quantitative estimate of drug-likeness (QED) is 0.748. The van der Waals surface area contributed by atoms with Crippen LogP contribution in [-0.4, -0.2) is 9.04 Å². The first kappa shape index (κ1) is 11.7. The Kier molecular flexibility index (Phi) is 3.58. The van der Waals surface area contributed by atoms with E-state index in [9.17, 15) is 0 Å². The molecular weight excluding hydrogens is 236 g/mol. The summed E-state index contributed by atoms with van der Waals surface area (Å²) in [7, 11) is -1.21. The van der Waals surface area contributed by atoms with Gasteiger partial charge in [-0.05, 0) is 23.2 Å². The van der Waals surface area contributed by atoms with Gasteiger partial charge in [0.15, 0.2) is 0 Å². The second-order valence-electron chi connectivity index (χ2n) is 4.87. The molecule has 0 saturated carbocycles. The molecule has 2 unspecified atom stereocenters. The van der Waals surface area contributed by atoms with Crippen LogP contribution in [-0.2, 0) is 4.43 Å². The lowest BCUT2D eigenvalue weighted by atomic mass is 10.1. The largest absolute Gasteiger partial charge is 0.408 e. The summed E-state index contributed by atoms with van der Waals surface area (Å²) in [6.45, 7) is 0. The van der Waals surface area contributed by atoms with Gasteiger partial charge in [0.05, 0.1) is 6.10 Å². The molecule has 0 bridgehead atoms. The lowest BCUT2D eigenvalue weighted by Gasteiger charge is -2.30. The molecule has 0 radical (unpaired) electrons. The summed E-state index contributed by atoms with van der Waals surface area (Å²) in [5, 5.41) is 1.44. The van der Waals surface area contributed by atoms with Crippen molar-refractivity contribution in [3.8, 4) is 0 Å². The third-order valence-corrected chi connectivity index (χ3v) is 6.32. The zero-order chi connectivity index (χ0) is 12.2. The molecule has 2 heteroatoms. The Labute approximate surface area is 110 Å². The lowest BCUT2D eigenvalue weighted by molar-refractivity contribution is 0.178. The van der Waals surface area contributed by atoms with Crippen LogP contribution in [0.3, 0.4) is 0 Å². The third kappa shape index (κ3) is 2.55. The maximum absolute atomic E-state index is 6.40. The normalized spacial score (nSPS) is 23.8. The Hall–Kier alpha value is -1.38. The van der Waals surface area contributed by atoms with Crippen molar-refractivity contribution < 1.29 is 4.43 Å². The van der Waals surface area contributed by atoms with Gasteiger partial charge in [-0.1, -0.05) is 67.1 Å². The fourth-order valence-corrected chi connectivity index (χ4v) is 5.22. The van der Waals surface area contributed by atoms with Crippen LogP contribution in [0.2, 0.25) is 6.04 Å². The summed E-state index contributed by atoms with van der Waals surface area (Å²) in [6.07, 6.45) is 2.78. The molecule has 2 aromatic rings. The van der Waals surface area contributed by atoms with E-state index in [4.69, 9.17) is 4.43 Å². The summed E-state index contributed by atoms with van der Waals surface area (Å²) in [5.74, 6) is 0. The number of rotatable bonds is 2. The van der Waals surface area contributed by atoms with Gasteiger partial charge in [-0.25, -0.2) is 0 Å². The van der Waals surface area contributed by atoms with Crippen LogP contribution in [0.4, 0.5) is 0 Å². The highest BCUT2D eigenvalue weighted by Gasteiger charge is 2.25. The second kappa shape index (κ2) is 5.51. The van der Waals surface area contributed by atoms with E-state index in [1.165, 1.54) is 29.6 Å². The van der Waals surface area contributed by atoms with E-state index < -0.39 is 9.04 Å². The van der Waals surface area contributed by atoms with Crippen LogP contribution in [0, 0.1) is 0 Å². The van der Waals surface area contributed by atoms with Gasteiger partial charge in [0.1, 0.15) is 0 Å². The van der Waals surface area contributed by atoms with E-state index in [-0.39, 0.29) is 0 Å². The Morgan fingerprint density at radius 1 is 0.889 bits per heavy atom. The molecule has 3 rings (SSSR count). The van der Waals surface area contributed by atoms with Gasteiger partial charge >= 0.3 is 0 Å². The molecule has 0 spiro atoms.